The van der Waals surface area contributed by atoms with Crippen molar-refractivity contribution in [3.05, 3.63) is 95.1 Å². The second kappa shape index (κ2) is 12.5. The zero-order valence-electron chi connectivity index (χ0n) is 22.8. The number of piperidine rings is 1. The van der Waals surface area contributed by atoms with Gasteiger partial charge in [0.1, 0.15) is 6.04 Å². The lowest BCUT2D eigenvalue weighted by Crippen LogP contribution is -2.50. The van der Waals surface area contributed by atoms with E-state index in [1.165, 1.54) is 24.3 Å². The molecule has 0 spiro atoms. The topological polar surface area (TPSA) is 130 Å². The Morgan fingerprint density at radius 3 is 2.14 bits per heavy atom. The molecule has 1 heterocycles. The summed E-state index contributed by atoms with van der Waals surface area (Å²) < 4.78 is 63.1. The van der Waals surface area contributed by atoms with Crippen molar-refractivity contribution in [1.29, 1.82) is 0 Å². The Bertz CT molecular complexity index is 1510. The number of nitrogens with one attached hydrogen (secondary N) is 1. The lowest BCUT2D eigenvalue weighted by atomic mass is 9.86. The highest BCUT2D eigenvalue weighted by Crippen LogP contribution is 2.35. The van der Waals surface area contributed by atoms with Gasteiger partial charge in [0.05, 0.1) is 28.9 Å². The summed E-state index contributed by atoms with van der Waals surface area (Å²) >= 11 is 0. The molecule has 1 aliphatic heterocycles. The number of alkyl halides is 3. The van der Waals surface area contributed by atoms with E-state index in [9.17, 15) is 36.3 Å². The number of carbonyl (C=O) groups is 2. The van der Waals surface area contributed by atoms with Crippen LogP contribution in [-0.2, 0) is 20.8 Å². The first kappa shape index (κ1) is 31.0. The van der Waals surface area contributed by atoms with Crippen molar-refractivity contribution < 1.29 is 36.3 Å². The normalized spacial score (nSPS) is 18.4. The monoisotopic (exact) mass is 603 g/mol. The van der Waals surface area contributed by atoms with Gasteiger partial charge in [-0.1, -0.05) is 31.2 Å². The van der Waals surface area contributed by atoms with Gasteiger partial charge in [0, 0.05) is 23.7 Å². The fourth-order valence-corrected chi connectivity index (χ4v) is 6.01. The molecule has 0 aromatic heterocycles. The van der Waals surface area contributed by atoms with Gasteiger partial charge in [0.25, 0.3) is 5.91 Å². The summed E-state index contributed by atoms with van der Waals surface area (Å²) in [6, 6.07) is 16.0. The Morgan fingerprint density at radius 1 is 1.00 bits per heavy atom. The zero-order chi connectivity index (χ0) is 30.7. The summed E-state index contributed by atoms with van der Waals surface area (Å²) in [5.74, 6) is -1.17. The number of nitrogens with zero attached hydrogens (tertiary/aromatic N) is 1. The van der Waals surface area contributed by atoms with Crippen LogP contribution in [0, 0.1) is 0 Å². The maximum absolute atomic E-state index is 13.0. The van der Waals surface area contributed by atoms with Crippen molar-refractivity contribution in [2.24, 2.45) is 5.73 Å². The first-order chi connectivity index (χ1) is 19.8. The molecule has 3 aromatic rings. The third-order valence-electron chi connectivity index (χ3n) is 7.59. The van der Waals surface area contributed by atoms with Crippen LogP contribution in [0.2, 0.25) is 0 Å². The Labute approximate surface area is 242 Å². The van der Waals surface area contributed by atoms with E-state index in [1.807, 2.05) is 0 Å². The van der Waals surface area contributed by atoms with Gasteiger partial charge in [-0.05, 0) is 72.5 Å². The van der Waals surface area contributed by atoms with E-state index in [4.69, 9.17) is 5.73 Å². The van der Waals surface area contributed by atoms with Gasteiger partial charge in [-0.15, -0.1) is 0 Å². The highest BCUT2D eigenvalue weighted by atomic mass is 32.2. The molecule has 2 amide bonds. The number of benzene rings is 3. The van der Waals surface area contributed by atoms with Crippen LogP contribution in [0.1, 0.15) is 58.8 Å². The molecule has 1 fully saturated rings. The van der Waals surface area contributed by atoms with Gasteiger partial charge < -0.3 is 21.1 Å². The number of halogens is 3. The first-order valence-electron chi connectivity index (χ1n) is 13.4. The van der Waals surface area contributed by atoms with Crippen LogP contribution in [0.25, 0.3) is 0 Å². The number of nitrogens with two attached hydrogens (primary N) is 1. The van der Waals surface area contributed by atoms with E-state index in [-0.39, 0.29) is 22.1 Å². The van der Waals surface area contributed by atoms with Gasteiger partial charge in [0.2, 0.25) is 5.91 Å². The molecule has 1 aliphatic rings. The van der Waals surface area contributed by atoms with E-state index in [1.54, 1.807) is 48.2 Å². The molecule has 3 atom stereocenters. The number of amides is 2. The average molecular weight is 604 g/mol. The third kappa shape index (κ3) is 6.93. The number of anilines is 1. The highest BCUT2D eigenvalue weighted by Gasteiger charge is 2.34. The summed E-state index contributed by atoms with van der Waals surface area (Å²) in [4.78, 5) is 27.2. The van der Waals surface area contributed by atoms with Crippen molar-refractivity contribution in [2.75, 3.05) is 23.8 Å². The van der Waals surface area contributed by atoms with E-state index in [0.29, 0.717) is 30.6 Å². The van der Waals surface area contributed by atoms with Crippen LogP contribution >= 0.6 is 0 Å². The molecule has 4 N–H and O–H groups in total. The van der Waals surface area contributed by atoms with E-state index < -0.39 is 52.1 Å². The van der Waals surface area contributed by atoms with Crippen molar-refractivity contribution in [3.63, 3.8) is 0 Å². The molecule has 0 aliphatic carbocycles. The summed E-state index contributed by atoms with van der Waals surface area (Å²) in [6.45, 7) is 1.48. The average Bonchev–Trinajstić information content (AvgIpc) is 2.99. The Hall–Kier alpha value is -3.90. The second-order valence-electron chi connectivity index (χ2n) is 10.2. The molecule has 12 heteroatoms. The van der Waals surface area contributed by atoms with E-state index in [2.05, 4.69) is 5.32 Å². The number of aliphatic hydroxyl groups excluding tert-OH is 1. The maximum atomic E-state index is 13.0. The molecule has 1 saturated heterocycles. The number of hydrogen-bond donors (Lipinski definition) is 3. The second-order valence-corrected chi connectivity index (χ2v) is 12.5. The molecular formula is C30H32F3N3O5S. The molecule has 0 saturated carbocycles. The van der Waals surface area contributed by atoms with E-state index in [0.717, 1.165) is 17.7 Å². The molecule has 42 heavy (non-hydrogen) atoms. The highest BCUT2D eigenvalue weighted by molar-refractivity contribution is 7.91. The number of hydrogen-bond acceptors (Lipinski definition) is 6. The number of aliphatic hydroxyl groups is 1. The first-order valence-corrected chi connectivity index (χ1v) is 15.1. The third-order valence-corrected chi connectivity index (χ3v) is 9.34. The molecule has 1 unspecified atom stereocenters. The largest absolute Gasteiger partial charge is 0.416 e. The smallest absolute Gasteiger partial charge is 0.394 e. The molecule has 4 rings (SSSR count). The van der Waals surface area contributed by atoms with E-state index >= 15 is 0 Å². The van der Waals surface area contributed by atoms with Crippen LogP contribution in [0.15, 0.2) is 77.7 Å². The van der Waals surface area contributed by atoms with Gasteiger partial charge in [-0.25, -0.2) is 8.42 Å². The van der Waals surface area contributed by atoms with Crippen molar-refractivity contribution >= 4 is 27.3 Å². The number of carbonyl (C=O) groups excluding carboxylic acids is 2. The lowest BCUT2D eigenvalue weighted by molar-refractivity contribution is -0.137. The Kier molecular flexibility index (Phi) is 9.27. The predicted octanol–water partition coefficient (Wildman–Crippen LogP) is 4.20. The van der Waals surface area contributed by atoms with Crippen LogP contribution in [0.4, 0.5) is 18.9 Å². The van der Waals surface area contributed by atoms with Crippen LogP contribution in [-0.4, -0.2) is 50.3 Å². The maximum Gasteiger partial charge on any atom is 0.416 e. The lowest BCUT2D eigenvalue weighted by Gasteiger charge is -2.40. The zero-order valence-corrected chi connectivity index (χ0v) is 23.7. The summed E-state index contributed by atoms with van der Waals surface area (Å²) in [5.41, 5.74) is 7.10. The van der Waals surface area contributed by atoms with Crippen LogP contribution in [0.5, 0.6) is 0 Å². The fourth-order valence-electron chi connectivity index (χ4n) is 5.12. The number of primary amides is 1. The van der Waals surface area contributed by atoms with Gasteiger partial charge in [-0.3, -0.25) is 9.59 Å². The fraction of sp³-hybridized carbons (Fsp3) is 0.333. The molecular weight excluding hydrogens is 571 g/mol. The number of sulfone groups is 1. The van der Waals surface area contributed by atoms with Gasteiger partial charge >= 0.3 is 6.18 Å². The SMILES string of the molecule is CCS(=O)(=O)c1ccc([C@H](CO)NC(=O)c2ccc(N3CC(c4ccc(C(F)(F)F)cc4)CC[C@H]3C(N)=O)cc2)cc1. The molecule has 224 valence electrons. The summed E-state index contributed by atoms with van der Waals surface area (Å²) in [7, 11) is -3.39. The van der Waals surface area contributed by atoms with Gasteiger partial charge in [0.15, 0.2) is 9.84 Å². The minimum Gasteiger partial charge on any atom is -0.394 e. The number of rotatable bonds is 9. The minimum absolute atomic E-state index is 0.0458. The summed E-state index contributed by atoms with van der Waals surface area (Å²) in [5, 5.41) is 12.6. The Morgan fingerprint density at radius 2 is 1.62 bits per heavy atom. The minimum atomic E-state index is -4.43. The van der Waals surface area contributed by atoms with Crippen molar-refractivity contribution in [3.8, 4) is 0 Å². The molecule has 0 bridgehead atoms. The Balaban J connectivity index is 1.48. The van der Waals surface area contributed by atoms with Gasteiger partial charge in [-0.2, -0.15) is 13.2 Å². The summed E-state index contributed by atoms with van der Waals surface area (Å²) in [6.07, 6.45) is -3.44. The van der Waals surface area contributed by atoms with Crippen molar-refractivity contribution in [2.45, 2.75) is 48.8 Å². The quantitative estimate of drug-likeness (QED) is 0.336. The van der Waals surface area contributed by atoms with Crippen LogP contribution < -0.4 is 16.0 Å². The predicted molar refractivity (Wildman–Crippen MR) is 152 cm³/mol. The van der Waals surface area contributed by atoms with Crippen LogP contribution in [0.3, 0.4) is 0 Å². The van der Waals surface area contributed by atoms with Crippen molar-refractivity contribution in [1.82, 2.24) is 5.32 Å². The molecule has 0 radical (unpaired) electrons. The molecule has 3 aromatic carbocycles. The standard InChI is InChI=1S/C30H32F3N3O5S/c1-2-42(40,41)25-14-7-20(8-15-25)26(18-37)35-29(39)21-5-12-24(13-6-21)36-17-22(9-16-27(36)28(34)38)19-3-10-23(11-4-19)30(31,32)33/h3-8,10-15,22,26-27,37H,2,9,16-18H2,1H3,(H2,34,38)(H,35,39)/t22?,26-,27-/m0/s1. The molecule has 8 nitrogen and oxygen atoms in total.